The number of carbonyl (C=O) groups excluding carboxylic acids is 3. The predicted molar refractivity (Wildman–Crippen MR) is 216 cm³/mol. The van der Waals surface area contributed by atoms with Crippen molar-refractivity contribution in [2.45, 2.75) is 233 Å². The van der Waals surface area contributed by atoms with Gasteiger partial charge >= 0.3 is 11.9 Å². The largest absolute Gasteiger partial charge is 0.466 e. The van der Waals surface area contributed by atoms with Gasteiger partial charge in [0.2, 0.25) is 0 Å². The van der Waals surface area contributed by atoms with Crippen molar-refractivity contribution >= 4 is 29.5 Å². The quantitative estimate of drug-likeness (QED) is 0.0503. The maximum absolute atomic E-state index is 12.7. The summed E-state index contributed by atoms with van der Waals surface area (Å²) >= 11 is 1.53. The summed E-state index contributed by atoms with van der Waals surface area (Å²) in [6.07, 6.45) is 34.0. The van der Waals surface area contributed by atoms with Gasteiger partial charge in [-0.3, -0.25) is 14.4 Å². The molecule has 0 aliphatic heterocycles. The number of thioether (sulfide) groups is 1. The molecule has 0 aliphatic rings. The lowest BCUT2D eigenvalue weighted by Crippen LogP contribution is -2.41. The molecule has 0 saturated heterocycles. The fraction of sp³-hybridized carbons (Fsp3) is 0.930. The smallest absolute Gasteiger partial charge is 0.306 e. The van der Waals surface area contributed by atoms with Gasteiger partial charge in [-0.05, 0) is 12.8 Å². The summed E-state index contributed by atoms with van der Waals surface area (Å²) in [6.45, 7) is 10.4. The number of Topliss-reactive ketones (excluding diaryl/α,β-unsaturated/α-hetero) is 1. The monoisotopic (exact) mass is 726 g/mol. The minimum atomic E-state index is -0.555. The second-order valence-electron chi connectivity index (χ2n) is 15.9. The molecule has 50 heavy (non-hydrogen) atoms. The number of hydrogen-bond acceptors (Lipinski definition) is 7. The molecule has 0 heterocycles. The van der Waals surface area contributed by atoms with Gasteiger partial charge in [-0.15, -0.1) is 0 Å². The first-order valence-corrected chi connectivity index (χ1v) is 22.5. The normalized spacial score (nSPS) is 12.9. The maximum Gasteiger partial charge on any atom is 0.306 e. The third-order valence-corrected chi connectivity index (χ3v) is 10.8. The van der Waals surface area contributed by atoms with Crippen molar-refractivity contribution in [3.05, 3.63) is 0 Å². The van der Waals surface area contributed by atoms with Gasteiger partial charge in [0.05, 0.1) is 12.6 Å². The number of carbonyl (C=O) groups is 3. The fourth-order valence-electron chi connectivity index (χ4n) is 6.33. The molecule has 0 radical (unpaired) electrons. The number of hydrogen-bond donors (Lipinski definition) is 1. The highest BCUT2D eigenvalue weighted by atomic mass is 32.2. The Morgan fingerprint density at radius 1 is 0.540 bits per heavy atom. The highest BCUT2D eigenvalue weighted by Crippen LogP contribution is 2.20. The molecule has 2 atom stereocenters. The Bertz CT molecular complexity index is 799. The maximum atomic E-state index is 12.7. The Hall–Kier alpha value is -1.08. The van der Waals surface area contributed by atoms with E-state index in [0.717, 1.165) is 32.1 Å². The van der Waals surface area contributed by atoms with Crippen molar-refractivity contribution in [3.8, 4) is 0 Å². The number of ether oxygens (including phenoxy) is 2. The van der Waals surface area contributed by atoms with Crippen LogP contribution in [0.4, 0.5) is 0 Å². The zero-order valence-electron chi connectivity index (χ0n) is 33.8. The van der Waals surface area contributed by atoms with Crippen LogP contribution in [0.5, 0.6) is 0 Å². The number of ketones is 1. The SMILES string of the molecule is CCCCCCCCCCCCCCCC(=O)OCC[C@@H](CSC[C@H](N)C(=O)C(C)(C)C)OC(=O)CCCCCCCCCCCCCCC. The summed E-state index contributed by atoms with van der Waals surface area (Å²) in [6, 6.07) is -0.555. The second-order valence-corrected chi connectivity index (χ2v) is 16.9. The second kappa shape index (κ2) is 35.0. The van der Waals surface area contributed by atoms with E-state index >= 15 is 0 Å². The number of esters is 2. The van der Waals surface area contributed by atoms with E-state index in [1.54, 1.807) is 0 Å². The van der Waals surface area contributed by atoms with E-state index in [1.165, 1.54) is 147 Å². The minimum Gasteiger partial charge on any atom is -0.466 e. The van der Waals surface area contributed by atoms with Gasteiger partial charge in [0.15, 0.2) is 5.78 Å². The van der Waals surface area contributed by atoms with Crippen LogP contribution in [0.15, 0.2) is 0 Å². The molecule has 296 valence electrons. The molecule has 0 amide bonds. The van der Waals surface area contributed by atoms with Crippen molar-refractivity contribution in [3.63, 3.8) is 0 Å². The van der Waals surface area contributed by atoms with Crippen molar-refractivity contribution in [2.75, 3.05) is 18.1 Å². The van der Waals surface area contributed by atoms with E-state index in [4.69, 9.17) is 15.2 Å². The van der Waals surface area contributed by atoms with E-state index < -0.39 is 11.5 Å². The Morgan fingerprint density at radius 2 is 0.900 bits per heavy atom. The van der Waals surface area contributed by atoms with Gasteiger partial charge in [0.25, 0.3) is 0 Å². The van der Waals surface area contributed by atoms with E-state index in [0.29, 0.717) is 30.8 Å². The van der Waals surface area contributed by atoms with Crippen LogP contribution in [0.1, 0.15) is 221 Å². The summed E-state index contributed by atoms with van der Waals surface area (Å²) in [4.78, 5) is 37.6. The van der Waals surface area contributed by atoms with Crippen molar-refractivity contribution in [2.24, 2.45) is 11.1 Å². The highest BCUT2D eigenvalue weighted by Gasteiger charge is 2.27. The summed E-state index contributed by atoms with van der Waals surface area (Å²) in [5, 5.41) is 0. The Balaban J connectivity index is 4.26. The predicted octanol–water partition coefficient (Wildman–Crippen LogP) is 12.5. The molecule has 0 saturated carbocycles. The third kappa shape index (κ3) is 32.8. The average molecular weight is 726 g/mol. The molecule has 0 unspecified atom stereocenters. The summed E-state index contributed by atoms with van der Waals surface area (Å²) < 4.78 is 11.4. The van der Waals surface area contributed by atoms with Crippen LogP contribution >= 0.6 is 11.8 Å². The third-order valence-electron chi connectivity index (χ3n) is 9.65. The lowest BCUT2D eigenvalue weighted by atomic mass is 9.87. The zero-order valence-corrected chi connectivity index (χ0v) is 34.6. The molecule has 0 rings (SSSR count). The molecule has 0 aromatic heterocycles. The number of rotatable bonds is 37. The van der Waals surface area contributed by atoms with Crippen LogP contribution in [-0.2, 0) is 23.9 Å². The van der Waals surface area contributed by atoms with Gasteiger partial charge < -0.3 is 15.2 Å². The lowest BCUT2D eigenvalue weighted by molar-refractivity contribution is -0.150. The molecule has 0 bridgehead atoms. The van der Waals surface area contributed by atoms with E-state index in [-0.39, 0.29) is 30.4 Å². The van der Waals surface area contributed by atoms with Crippen LogP contribution < -0.4 is 5.73 Å². The Labute approximate surface area is 314 Å². The van der Waals surface area contributed by atoms with Crippen molar-refractivity contribution in [1.82, 2.24) is 0 Å². The van der Waals surface area contributed by atoms with Crippen LogP contribution in [-0.4, -0.2) is 48.0 Å². The Kier molecular flexibility index (Phi) is 34.2. The molecule has 7 heteroatoms. The summed E-state index contributed by atoms with van der Waals surface area (Å²) in [5.74, 6) is 0.680. The van der Waals surface area contributed by atoms with Gasteiger partial charge in [-0.25, -0.2) is 0 Å². The van der Waals surface area contributed by atoms with Crippen molar-refractivity contribution < 1.29 is 23.9 Å². The van der Waals surface area contributed by atoms with Gasteiger partial charge in [0.1, 0.15) is 6.10 Å². The first kappa shape index (κ1) is 48.9. The first-order chi connectivity index (χ1) is 24.1. The molecule has 0 aromatic rings. The highest BCUT2D eigenvalue weighted by molar-refractivity contribution is 7.99. The molecular weight excluding hydrogens is 643 g/mol. The minimum absolute atomic E-state index is 0.0306. The lowest BCUT2D eigenvalue weighted by Gasteiger charge is -2.22. The summed E-state index contributed by atoms with van der Waals surface area (Å²) in [7, 11) is 0. The van der Waals surface area contributed by atoms with Gasteiger partial charge in [-0.1, -0.05) is 189 Å². The molecule has 0 aromatic carbocycles. The number of unbranched alkanes of at least 4 members (excludes halogenated alkanes) is 24. The van der Waals surface area contributed by atoms with E-state index in [2.05, 4.69) is 13.8 Å². The molecule has 0 aliphatic carbocycles. The van der Waals surface area contributed by atoms with Crippen LogP contribution in [0.3, 0.4) is 0 Å². The van der Waals surface area contributed by atoms with Gasteiger partial charge in [0, 0.05) is 36.2 Å². The number of nitrogens with two attached hydrogens (primary N) is 1. The molecule has 0 fully saturated rings. The van der Waals surface area contributed by atoms with E-state index in [9.17, 15) is 14.4 Å². The van der Waals surface area contributed by atoms with E-state index in [1.807, 2.05) is 20.8 Å². The van der Waals surface area contributed by atoms with Crippen LogP contribution in [0, 0.1) is 5.41 Å². The molecule has 6 nitrogen and oxygen atoms in total. The van der Waals surface area contributed by atoms with Crippen LogP contribution in [0.2, 0.25) is 0 Å². The molecule has 0 spiro atoms. The topological polar surface area (TPSA) is 95.7 Å². The molecule has 2 N–H and O–H groups in total. The summed E-state index contributed by atoms with van der Waals surface area (Å²) in [5.41, 5.74) is 5.68. The average Bonchev–Trinajstić information content (AvgIpc) is 3.07. The fourth-order valence-corrected chi connectivity index (χ4v) is 7.37. The first-order valence-electron chi connectivity index (χ1n) is 21.3. The zero-order chi connectivity index (χ0) is 37.1. The Morgan fingerprint density at radius 3 is 1.28 bits per heavy atom. The van der Waals surface area contributed by atoms with Crippen LogP contribution in [0.25, 0.3) is 0 Å². The van der Waals surface area contributed by atoms with Gasteiger partial charge in [-0.2, -0.15) is 11.8 Å². The standard InChI is InChI=1S/C43H83NO5S/c1-6-8-10-12-14-16-18-20-22-24-26-28-30-32-40(45)48-35-34-38(36-50-37-39(44)42(47)43(3,4)5)49-41(46)33-31-29-27-25-23-21-19-17-15-13-11-9-7-2/h38-39H,6-37,44H2,1-5H3/t38-,39-/m0/s1. The molecular formula is C43H83NO5S. The van der Waals surface area contributed by atoms with Crippen molar-refractivity contribution in [1.29, 1.82) is 0 Å².